The van der Waals surface area contributed by atoms with Crippen molar-refractivity contribution in [2.24, 2.45) is 7.05 Å². The smallest absolute Gasteiger partial charge is 0.184 e. The molecule has 0 fully saturated rings. The largest absolute Gasteiger partial charge is 0.327 e. The van der Waals surface area contributed by atoms with Gasteiger partial charge in [-0.1, -0.05) is 30.3 Å². The van der Waals surface area contributed by atoms with E-state index in [2.05, 4.69) is 6.07 Å². The first-order chi connectivity index (χ1) is 8.24. The second-order valence-electron chi connectivity index (χ2n) is 3.59. The van der Waals surface area contributed by atoms with E-state index in [1.807, 2.05) is 58.9 Å². The molecule has 0 N–H and O–H groups in total. The van der Waals surface area contributed by atoms with E-state index in [9.17, 15) is 0 Å². The van der Waals surface area contributed by atoms with Crippen LogP contribution in [0.5, 0.6) is 0 Å². The summed E-state index contributed by atoms with van der Waals surface area (Å²) in [6, 6.07) is 11.8. The van der Waals surface area contributed by atoms with Crippen LogP contribution in [0, 0.1) is 16.1 Å². The number of benzene rings is 1. The van der Waals surface area contributed by atoms with Crippen molar-refractivity contribution >= 4 is 17.9 Å². The predicted molar refractivity (Wildman–Crippen MR) is 69.7 cm³/mol. The first-order valence-corrected chi connectivity index (χ1v) is 5.54. The fourth-order valence-electron chi connectivity index (χ4n) is 1.61. The van der Waals surface area contributed by atoms with E-state index in [0.717, 1.165) is 11.3 Å². The molecular weight excluding hydrogens is 230 g/mol. The summed E-state index contributed by atoms with van der Waals surface area (Å²) >= 11 is 5.29. The summed E-state index contributed by atoms with van der Waals surface area (Å²) in [6.07, 6.45) is 5.24. The lowest BCUT2D eigenvalue weighted by Crippen LogP contribution is -1.99. The molecule has 4 heteroatoms. The average molecular weight is 241 g/mol. The quantitative estimate of drug-likeness (QED) is 0.598. The number of nitrogens with zero attached hydrogens (tertiary/aromatic N) is 3. The second kappa shape index (κ2) is 4.81. The van der Waals surface area contributed by atoms with Crippen molar-refractivity contribution in [3.8, 4) is 6.07 Å². The van der Waals surface area contributed by atoms with Crippen LogP contribution in [0.1, 0.15) is 5.56 Å². The van der Waals surface area contributed by atoms with Gasteiger partial charge < -0.3 is 4.57 Å². The van der Waals surface area contributed by atoms with Gasteiger partial charge in [0.1, 0.15) is 0 Å². The molecule has 0 radical (unpaired) electrons. The zero-order valence-electron chi connectivity index (χ0n) is 9.37. The summed E-state index contributed by atoms with van der Waals surface area (Å²) < 4.78 is 4.33. The van der Waals surface area contributed by atoms with Gasteiger partial charge in [0.05, 0.1) is 11.8 Å². The van der Waals surface area contributed by atoms with Crippen LogP contribution in [0.25, 0.3) is 5.70 Å². The normalized spacial score (nSPS) is 11.2. The van der Waals surface area contributed by atoms with E-state index in [4.69, 9.17) is 17.5 Å². The molecule has 17 heavy (non-hydrogen) atoms. The zero-order valence-corrected chi connectivity index (χ0v) is 10.2. The summed E-state index contributed by atoms with van der Waals surface area (Å²) in [5.41, 5.74) is 1.76. The van der Waals surface area contributed by atoms with E-state index in [1.54, 1.807) is 0 Å². The molecule has 3 nitrogen and oxygen atoms in total. The van der Waals surface area contributed by atoms with Gasteiger partial charge in [-0.2, -0.15) is 5.26 Å². The molecular formula is C13H11N3S. The minimum atomic E-state index is 0.662. The van der Waals surface area contributed by atoms with E-state index < -0.39 is 0 Å². The predicted octanol–water partition coefficient (Wildman–Crippen LogP) is 2.97. The van der Waals surface area contributed by atoms with Crippen molar-refractivity contribution in [3.05, 3.63) is 59.1 Å². The van der Waals surface area contributed by atoms with Crippen LogP contribution in [-0.2, 0) is 7.05 Å². The molecule has 2 rings (SSSR count). The van der Waals surface area contributed by atoms with Crippen molar-refractivity contribution in [1.82, 2.24) is 9.13 Å². The van der Waals surface area contributed by atoms with Crippen LogP contribution in [0.2, 0.25) is 0 Å². The molecule has 0 spiro atoms. The van der Waals surface area contributed by atoms with Gasteiger partial charge in [0.25, 0.3) is 0 Å². The lowest BCUT2D eigenvalue weighted by Gasteiger charge is -2.07. The third-order valence-corrected chi connectivity index (χ3v) is 2.96. The van der Waals surface area contributed by atoms with Crippen LogP contribution in [0.4, 0.5) is 0 Å². The van der Waals surface area contributed by atoms with E-state index in [1.165, 1.54) is 6.08 Å². The van der Waals surface area contributed by atoms with Crippen molar-refractivity contribution in [3.63, 3.8) is 0 Å². The second-order valence-corrected chi connectivity index (χ2v) is 3.95. The monoisotopic (exact) mass is 241 g/mol. The first-order valence-electron chi connectivity index (χ1n) is 5.13. The standard InChI is InChI=1S/C13H11N3S/c1-15-9-10-16(13(15)17)12(7-8-14)11-5-3-2-4-6-11/h2-7,9-10H,1H3/b12-7-. The summed E-state index contributed by atoms with van der Waals surface area (Å²) in [6.45, 7) is 0. The lowest BCUT2D eigenvalue weighted by atomic mass is 10.1. The highest BCUT2D eigenvalue weighted by Crippen LogP contribution is 2.17. The fourth-order valence-corrected chi connectivity index (χ4v) is 1.83. The van der Waals surface area contributed by atoms with Gasteiger partial charge in [-0.05, 0) is 17.8 Å². The van der Waals surface area contributed by atoms with Gasteiger partial charge in [0.15, 0.2) is 4.77 Å². The molecule has 0 unspecified atom stereocenters. The first kappa shape index (κ1) is 11.4. The van der Waals surface area contributed by atoms with Crippen LogP contribution in [0.15, 0.2) is 48.8 Å². The Morgan fingerprint density at radius 1 is 1.29 bits per heavy atom. The van der Waals surface area contributed by atoms with Crippen molar-refractivity contribution in [2.75, 3.05) is 0 Å². The van der Waals surface area contributed by atoms with Gasteiger partial charge in [-0.25, -0.2) is 0 Å². The number of hydrogen-bond donors (Lipinski definition) is 0. The Labute approximate surface area is 105 Å². The molecule has 0 saturated heterocycles. The molecule has 0 aliphatic heterocycles. The molecule has 1 aromatic carbocycles. The number of nitriles is 1. The number of allylic oxidation sites excluding steroid dienone is 1. The molecule has 0 atom stereocenters. The maximum Gasteiger partial charge on any atom is 0.184 e. The van der Waals surface area contributed by atoms with Gasteiger partial charge in [-0.15, -0.1) is 0 Å². The molecule has 84 valence electrons. The molecule has 0 saturated carbocycles. The minimum absolute atomic E-state index is 0.662. The molecule has 1 aromatic heterocycles. The summed E-state index contributed by atoms with van der Waals surface area (Å²) in [7, 11) is 1.88. The van der Waals surface area contributed by atoms with E-state index in [-0.39, 0.29) is 0 Å². The van der Waals surface area contributed by atoms with Crippen LogP contribution >= 0.6 is 12.2 Å². The highest BCUT2D eigenvalue weighted by atomic mass is 32.1. The number of hydrogen-bond acceptors (Lipinski definition) is 2. The molecule has 0 amide bonds. The number of aromatic nitrogens is 2. The topological polar surface area (TPSA) is 33.6 Å². The van der Waals surface area contributed by atoms with Gasteiger partial charge in [-0.3, -0.25) is 4.57 Å². The Hall–Kier alpha value is -2.12. The maximum atomic E-state index is 8.88. The SMILES string of the molecule is Cn1ccn(/C(=C\C#N)c2ccccc2)c1=S. The van der Waals surface area contributed by atoms with E-state index >= 15 is 0 Å². The summed E-state index contributed by atoms with van der Waals surface area (Å²) in [5.74, 6) is 0. The molecule has 0 aliphatic rings. The lowest BCUT2D eigenvalue weighted by molar-refractivity contribution is 0.868. The molecule has 2 aromatic rings. The number of imidazole rings is 1. The third-order valence-electron chi connectivity index (χ3n) is 2.48. The van der Waals surface area contributed by atoms with Gasteiger partial charge >= 0.3 is 0 Å². The zero-order chi connectivity index (χ0) is 12.3. The third kappa shape index (κ3) is 2.19. The highest BCUT2D eigenvalue weighted by molar-refractivity contribution is 7.71. The van der Waals surface area contributed by atoms with Crippen molar-refractivity contribution in [1.29, 1.82) is 5.26 Å². The van der Waals surface area contributed by atoms with Crippen molar-refractivity contribution < 1.29 is 0 Å². The van der Waals surface area contributed by atoms with Crippen molar-refractivity contribution in [2.45, 2.75) is 0 Å². The number of rotatable bonds is 2. The Morgan fingerprint density at radius 2 is 2.00 bits per heavy atom. The Balaban J connectivity index is 2.61. The van der Waals surface area contributed by atoms with Crippen LogP contribution in [0.3, 0.4) is 0 Å². The molecule has 0 aliphatic carbocycles. The molecule has 1 heterocycles. The van der Waals surface area contributed by atoms with E-state index in [0.29, 0.717) is 4.77 Å². The summed E-state index contributed by atoms with van der Waals surface area (Å²) in [4.78, 5) is 0. The molecule has 0 bridgehead atoms. The average Bonchev–Trinajstić information content (AvgIpc) is 2.69. The minimum Gasteiger partial charge on any atom is -0.327 e. The van der Waals surface area contributed by atoms with Crippen LogP contribution < -0.4 is 0 Å². The Morgan fingerprint density at radius 3 is 2.53 bits per heavy atom. The maximum absolute atomic E-state index is 8.88. The van der Waals surface area contributed by atoms with Gasteiger partial charge in [0, 0.05) is 25.5 Å². The van der Waals surface area contributed by atoms with Crippen LogP contribution in [-0.4, -0.2) is 9.13 Å². The number of aryl methyl sites for hydroxylation is 1. The fraction of sp³-hybridized carbons (Fsp3) is 0.0769. The Bertz CT molecular complexity index is 641. The highest BCUT2D eigenvalue weighted by Gasteiger charge is 2.05. The summed E-state index contributed by atoms with van der Waals surface area (Å²) in [5, 5.41) is 8.88. The van der Waals surface area contributed by atoms with Gasteiger partial charge in [0.2, 0.25) is 0 Å². The Kier molecular flexibility index (Phi) is 3.22.